The minimum Gasteiger partial charge on any atom is -0.490 e. The number of benzene rings is 2. The molecule has 6 nitrogen and oxygen atoms in total. The Morgan fingerprint density at radius 1 is 1.00 bits per heavy atom. The normalized spacial score (nSPS) is 11.4. The predicted molar refractivity (Wildman–Crippen MR) is 99.0 cm³/mol. The first-order valence-electron chi connectivity index (χ1n) is 8.11. The average molecular weight is 377 g/mol. The molecule has 0 unspecified atom stereocenters. The molecule has 0 aromatic heterocycles. The van der Waals surface area contributed by atoms with Gasteiger partial charge in [0.05, 0.1) is 10.5 Å². The van der Waals surface area contributed by atoms with Crippen molar-refractivity contribution < 1.29 is 22.7 Å². The molecule has 0 aliphatic heterocycles. The highest BCUT2D eigenvalue weighted by atomic mass is 32.2. The lowest BCUT2D eigenvalue weighted by Gasteiger charge is -2.12. The summed E-state index contributed by atoms with van der Waals surface area (Å²) >= 11 is 0. The van der Waals surface area contributed by atoms with Crippen molar-refractivity contribution in [1.29, 1.82) is 0 Å². The van der Waals surface area contributed by atoms with Crippen molar-refractivity contribution in [2.75, 3.05) is 27.3 Å². The fourth-order valence-corrected chi connectivity index (χ4v) is 3.23. The van der Waals surface area contributed by atoms with Gasteiger partial charge >= 0.3 is 5.97 Å². The van der Waals surface area contributed by atoms with Gasteiger partial charge in [0.2, 0.25) is 10.0 Å². The number of rotatable bonds is 7. The van der Waals surface area contributed by atoms with Crippen molar-refractivity contribution in [3.8, 4) is 5.75 Å². The second-order valence-corrected chi connectivity index (χ2v) is 8.21. The third-order valence-electron chi connectivity index (χ3n) is 3.79. The van der Waals surface area contributed by atoms with Crippen LogP contribution in [0.25, 0.3) is 0 Å². The van der Waals surface area contributed by atoms with E-state index in [1.165, 1.54) is 26.2 Å². The van der Waals surface area contributed by atoms with E-state index in [2.05, 4.69) is 0 Å². The van der Waals surface area contributed by atoms with E-state index >= 15 is 0 Å². The second kappa shape index (κ2) is 8.33. The van der Waals surface area contributed by atoms with Gasteiger partial charge in [0.1, 0.15) is 19.0 Å². The first-order chi connectivity index (χ1) is 12.2. The Labute approximate surface area is 154 Å². The predicted octanol–water partition coefficient (Wildman–Crippen LogP) is 2.79. The topological polar surface area (TPSA) is 72.9 Å². The smallest absolute Gasteiger partial charge is 0.338 e. The van der Waals surface area contributed by atoms with Gasteiger partial charge in [0.25, 0.3) is 0 Å². The third kappa shape index (κ3) is 4.83. The van der Waals surface area contributed by atoms with Gasteiger partial charge in [0.15, 0.2) is 0 Å². The first kappa shape index (κ1) is 19.9. The van der Waals surface area contributed by atoms with Crippen LogP contribution in [-0.4, -0.2) is 46.0 Å². The van der Waals surface area contributed by atoms with Crippen molar-refractivity contribution in [2.24, 2.45) is 0 Å². The van der Waals surface area contributed by atoms with Crippen LogP contribution >= 0.6 is 0 Å². The first-order valence-corrected chi connectivity index (χ1v) is 9.55. The molecule has 140 valence electrons. The number of hydrogen-bond acceptors (Lipinski definition) is 5. The molecule has 0 saturated heterocycles. The fraction of sp³-hybridized carbons (Fsp3) is 0.316. The number of esters is 1. The van der Waals surface area contributed by atoms with E-state index in [-0.39, 0.29) is 18.1 Å². The largest absolute Gasteiger partial charge is 0.490 e. The zero-order valence-electron chi connectivity index (χ0n) is 15.4. The molecule has 2 aromatic rings. The van der Waals surface area contributed by atoms with Crippen molar-refractivity contribution in [3.05, 3.63) is 59.2 Å². The molecule has 0 aliphatic carbocycles. The summed E-state index contributed by atoms with van der Waals surface area (Å²) in [5, 5.41) is 0. The number of nitrogens with zero attached hydrogens (tertiary/aromatic N) is 1. The molecule has 0 saturated carbocycles. The van der Waals surface area contributed by atoms with Crippen molar-refractivity contribution >= 4 is 16.0 Å². The fourth-order valence-electron chi connectivity index (χ4n) is 2.33. The molecule has 0 N–H and O–H groups in total. The SMILES string of the molecule is Cc1ccc(C(=O)OCCOc2ccc(S(=O)(=O)N(C)C)cc2)c(C)c1. The maximum Gasteiger partial charge on any atom is 0.338 e. The molecule has 7 heteroatoms. The number of ether oxygens (including phenoxy) is 2. The van der Waals surface area contributed by atoms with Crippen LogP contribution in [0.5, 0.6) is 5.75 Å². The number of carbonyl (C=O) groups excluding carboxylic acids is 1. The van der Waals surface area contributed by atoms with Crippen LogP contribution in [0.4, 0.5) is 0 Å². The average Bonchev–Trinajstić information content (AvgIpc) is 2.58. The van der Waals surface area contributed by atoms with Crippen molar-refractivity contribution in [1.82, 2.24) is 4.31 Å². The number of carbonyl (C=O) groups is 1. The quantitative estimate of drug-likeness (QED) is 0.548. The van der Waals surface area contributed by atoms with E-state index in [0.717, 1.165) is 15.4 Å². The minimum atomic E-state index is -3.46. The summed E-state index contributed by atoms with van der Waals surface area (Å²) in [5.74, 6) is 0.115. The molecule has 0 amide bonds. The van der Waals surface area contributed by atoms with Gasteiger partial charge in [-0.15, -0.1) is 0 Å². The van der Waals surface area contributed by atoms with Crippen molar-refractivity contribution in [2.45, 2.75) is 18.7 Å². The molecule has 0 heterocycles. The summed E-state index contributed by atoms with van der Waals surface area (Å²) < 4.78 is 35.8. The Hall–Kier alpha value is -2.38. The van der Waals surface area contributed by atoms with Gasteiger partial charge in [-0.25, -0.2) is 17.5 Å². The summed E-state index contributed by atoms with van der Waals surface area (Å²) in [6.07, 6.45) is 0. The Kier molecular flexibility index (Phi) is 6.39. The van der Waals surface area contributed by atoms with E-state index in [1.807, 2.05) is 26.0 Å². The van der Waals surface area contributed by atoms with E-state index in [4.69, 9.17) is 9.47 Å². The Balaban J connectivity index is 1.85. The molecule has 0 spiro atoms. The molecule has 0 fully saturated rings. The highest BCUT2D eigenvalue weighted by molar-refractivity contribution is 7.89. The third-order valence-corrected chi connectivity index (χ3v) is 5.62. The van der Waals surface area contributed by atoms with E-state index in [0.29, 0.717) is 11.3 Å². The molecule has 0 bridgehead atoms. The maximum absolute atomic E-state index is 12.1. The minimum absolute atomic E-state index is 0.101. The molecular weight excluding hydrogens is 354 g/mol. The zero-order valence-corrected chi connectivity index (χ0v) is 16.2. The monoisotopic (exact) mass is 377 g/mol. The maximum atomic E-state index is 12.1. The second-order valence-electron chi connectivity index (χ2n) is 6.06. The summed E-state index contributed by atoms with van der Waals surface area (Å²) in [5.41, 5.74) is 2.49. The summed E-state index contributed by atoms with van der Waals surface area (Å²) in [4.78, 5) is 12.2. The summed E-state index contributed by atoms with van der Waals surface area (Å²) in [6, 6.07) is 11.6. The van der Waals surface area contributed by atoms with Crippen LogP contribution < -0.4 is 4.74 Å². The Morgan fingerprint density at radius 3 is 2.23 bits per heavy atom. The van der Waals surface area contributed by atoms with E-state index in [9.17, 15) is 13.2 Å². The van der Waals surface area contributed by atoms with Gasteiger partial charge in [0, 0.05) is 14.1 Å². The number of aryl methyl sites for hydroxylation is 2. The standard InChI is InChI=1S/C19H23NO5S/c1-14-5-10-18(15(2)13-14)19(21)25-12-11-24-16-6-8-17(9-7-16)26(22,23)20(3)4/h5-10,13H,11-12H2,1-4H3. The molecular formula is C19H23NO5S. The summed E-state index contributed by atoms with van der Waals surface area (Å²) in [6.45, 7) is 4.11. The highest BCUT2D eigenvalue weighted by Crippen LogP contribution is 2.18. The van der Waals surface area contributed by atoms with Gasteiger partial charge < -0.3 is 9.47 Å². The van der Waals surface area contributed by atoms with Gasteiger partial charge in [-0.1, -0.05) is 17.7 Å². The Morgan fingerprint density at radius 2 is 1.65 bits per heavy atom. The van der Waals surface area contributed by atoms with Crippen LogP contribution in [0.1, 0.15) is 21.5 Å². The molecule has 0 atom stereocenters. The number of sulfonamides is 1. The summed E-state index contributed by atoms with van der Waals surface area (Å²) in [7, 11) is -0.507. The van der Waals surface area contributed by atoms with Crippen LogP contribution in [0, 0.1) is 13.8 Å². The Bertz CT molecular complexity index is 873. The van der Waals surface area contributed by atoms with E-state index in [1.54, 1.807) is 18.2 Å². The van der Waals surface area contributed by atoms with Crippen LogP contribution in [-0.2, 0) is 14.8 Å². The lowest BCUT2D eigenvalue weighted by molar-refractivity contribution is 0.0449. The zero-order chi connectivity index (χ0) is 19.3. The molecule has 0 radical (unpaired) electrons. The lowest BCUT2D eigenvalue weighted by Crippen LogP contribution is -2.22. The molecule has 0 aliphatic rings. The lowest BCUT2D eigenvalue weighted by atomic mass is 10.1. The molecule has 2 rings (SSSR count). The molecule has 2 aromatic carbocycles. The van der Waals surface area contributed by atoms with Crippen molar-refractivity contribution in [3.63, 3.8) is 0 Å². The number of hydrogen-bond donors (Lipinski definition) is 0. The highest BCUT2D eigenvalue weighted by Gasteiger charge is 2.16. The van der Waals surface area contributed by atoms with Crippen LogP contribution in [0.15, 0.2) is 47.4 Å². The van der Waals surface area contributed by atoms with Gasteiger partial charge in [-0.3, -0.25) is 0 Å². The molecule has 26 heavy (non-hydrogen) atoms. The van der Waals surface area contributed by atoms with Crippen LogP contribution in [0.2, 0.25) is 0 Å². The van der Waals surface area contributed by atoms with Crippen LogP contribution in [0.3, 0.4) is 0 Å². The van der Waals surface area contributed by atoms with Gasteiger partial charge in [-0.2, -0.15) is 0 Å². The van der Waals surface area contributed by atoms with E-state index < -0.39 is 16.0 Å². The van der Waals surface area contributed by atoms with Gasteiger partial charge in [-0.05, 0) is 49.7 Å².